The van der Waals surface area contributed by atoms with Crippen LogP contribution in [0.3, 0.4) is 0 Å². The number of rotatable bonds is 10. The number of nitrogens with zero attached hydrogens (tertiary/aromatic N) is 2. The van der Waals surface area contributed by atoms with Crippen molar-refractivity contribution in [2.24, 2.45) is 17.3 Å². The van der Waals surface area contributed by atoms with E-state index >= 15 is 0 Å². The number of allylic oxidation sites excluding steroid dienone is 2. The van der Waals surface area contributed by atoms with E-state index < -0.39 is 0 Å². The standard InChI is InChI=1S/C64H80N2/c1-43(2)45-21-31-53(32-22-45)65(55-35-25-49(26-36-55)47-17-13-11-14-18-47)61-57-39-29-52(64(8,9)10)42-60(57)62(58-40-30-51(41-59(58)61)63(5,6)7)66(54-33-23-46(24-34-54)44(3)4)56-37-27-50(28-38-56)48-19-15-12-16-20-48/h21-29,31-35,37-44,47-48,51,55H,11-20,30,36H2,1-10H3/t51?,55-/m0/s1. The maximum Gasteiger partial charge on any atom is 0.0616 e. The lowest BCUT2D eigenvalue weighted by Gasteiger charge is -2.38. The van der Waals surface area contributed by atoms with Crippen LogP contribution in [-0.2, 0) is 5.41 Å². The summed E-state index contributed by atoms with van der Waals surface area (Å²) in [4.78, 5) is 5.39. The average Bonchev–Trinajstić information content (AvgIpc) is 3.32. The first-order valence-electron chi connectivity index (χ1n) is 26.3. The van der Waals surface area contributed by atoms with Gasteiger partial charge in [0.25, 0.3) is 0 Å². The molecule has 4 aliphatic carbocycles. The van der Waals surface area contributed by atoms with Crippen LogP contribution in [0.4, 0.5) is 28.4 Å². The van der Waals surface area contributed by atoms with Crippen LogP contribution >= 0.6 is 0 Å². The molecule has 2 heteroatoms. The van der Waals surface area contributed by atoms with Gasteiger partial charge in [-0.25, -0.2) is 0 Å². The molecule has 0 saturated heterocycles. The second-order valence-corrected chi connectivity index (χ2v) is 23.4. The minimum Gasteiger partial charge on any atom is -0.333 e. The van der Waals surface area contributed by atoms with Crippen LogP contribution in [-0.4, -0.2) is 6.04 Å². The highest BCUT2D eigenvalue weighted by Gasteiger charge is 2.32. The zero-order chi connectivity index (χ0) is 46.3. The van der Waals surface area contributed by atoms with E-state index in [0.29, 0.717) is 29.6 Å². The molecule has 4 aliphatic rings. The van der Waals surface area contributed by atoms with E-state index in [1.54, 1.807) is 5.57 Å². The summed E-state index contributed by atoms with van der Waals surface area (Å²) in [5.74, 6) is 2.69. The minimum atomic E-state index is -0.0289. The van der Waals surface area contributed by atoms with Gasteiger partial charge in [-0.15, -0.1) is 0 Å². The van der Waals surface area contributed by atoms with Gasteiger partial charge in [-0.3, -0.25) is 0 Å². The monoisotopic (exact) mass is 877 g/mol. The van der Waals surface area contributed by atoms with E-state index in [4.69, 9.17) is 0 Å². The molecular formula is C64H80N2. The molecule has 9 rings (SSSR count). The average molecular weight is 877 g/mol. The molecule has 5 aromatic rings. The Morgan fingerprint density at radius 2 is 1.09 bits per heavy atom. The number of benzene rings is 5. The van der Waals surface area contributed by atoms with Crippen LogP contribution in [0, 0.1) is 17.3 Å². The third-order valence-electron chi connectivity index (χ3n) is 16.1. The minimum absolute atomic E-state index is 0.0289. The van der Waals surface area contributed by atoms with Gasteiger partial charge in [-0.1, -0.05) is 187 Å². The third-order valence-corrected chi connectivity index (χ3v) is 16.1. The third kappa shape index (κ3) is 9.50. The van der Waals surface area contributed by atoms with Crippen molar-refractivity contribution in [1.82, 2.24) is 0 Å². The van der Waals surface area contributed by atoms with E-state index in [-0.39, 0.29) is 16.9 Å². The summed E-state index contributed by atoms with van der Waals surface area (Å²) < 4.78 is 0. The Kier molecular flexibility index (Phi) is 13.4. The van der Waals surface area contributed by atoms with Gasteiger partial charge in [0.15, 0.2) is 0 Å². The summed E-state index contributed by atoms with van der Waals surface area (Å²) in [6.45, 7) is 23.7. The molecule has 2 fully saturated rings. The summed E-state index contributed by atoms with van der Waals surface area (Å²) in [5.41, 5.74) is 13.6. The van der Waals surface area contributed by atoms with Gasteiger partial charge in [0, 0.05) is 38.3 Å². The van der Waals surface area contributed by atoms with Crippen molar-refractivity contribution >= 4 is 51.4 Å². The van der Waals surface area contributed by atoms with Gasteiger partial charge < -0.3 is 9.80 Å². The lowest BCUT2D eigenvalue weighted by Crippen LogP contribution is -2.42. The fraction of sp³-hybridized carbons (Fsp3) is 0.469. The Bertz CT molecular complexity index is 2660. The largest absolute Gasteiger partial charge is 0.333 e. The highest BCUT2D eigenvalue weighted by molar-refractivity contribution is 6.07. The van der Waals surface area contributed by atoms with Gasteiger partial charge in [-0.05, 0) is 149 Å². The summed E-state index contributed by atoms with van der Waals surface area (Å²) in [7, 11) is 0. The van der Waals surface area contributed by atoms with E-state index in [2.05, 4.69) is 200 Å². The Balaban J connectivity index is 1.34. The normalized spacial score (nSPS) is 19.7. The molecule has 2 saturated carbocycles. The molecule has 2 nitrogen and oxygen atoms in total. The molecule has 0 aliphatic heterocycles. The molecule has 2 atom stereocenters. The topological polar surface area (TPSA) is 6.48 Å². The van der Waals surface area contributed by atoms with Crippen LogP contribution in [0.5, 0.6) is 0 Å². The molecule has 1 unspecified atom stereocenters. The van der Waals surface area contributed by atoms with Crippen LogP contribution in [0.2, 0.25) is 0 Å². The Morgan fingerprint density at radius 3 is 1.62 bits per heavy atom. The number of hydrogen-bond acceptors (Lipinski definition) is 2. The molecule has 0 aromatic heterocycles. The predicted octanol–water partition coefficient (Wildman–Crippen LogP) is 17.5. The second-order valence-electron chi connectivity index (χ2n) is 23.4. The molecular weight excluding hydrogens is 797 g/mol. The smallest absolute Gasteiger partial charge is 0.0616 e. The van der Waals surface area contributed by atoms with Gasteiger partial charge in [-0.2, -0.15) is 0 Å². The highest BCUT2D eigenvalue weighted by Crippen LogP contribution is 2.45. The summed E-state index contributed by atoms with van der Waals surface area (Å²) in [5, 5.41) is 5.37. The first-order chi connectivity index (χ1) is 31.7. The van der Waals surface area contributed by atoms with Gasteiger partial charge in [0.1, 0.15) is 0 Å². The van der Waals surface area contributed by atoms with Crippen molar-refractivity contribution in [3.05, 3.63) is 147 Å². The molecule has 66 heavy (non-hydrogen) atoms. The molecule has 0 spiro atoms. The fourth-order valence-electron chi connectivity index (χ4n) is 11.8. The number of hydrogen-bond donors (Lipinski definition) is 0. The van der Waals surface area contributed by atoms with Crippen LogP contribution in [0.15, 0.2) is 115 Å². The quantitative estimate of drug-likeness (QED) is 0.129. The fourth-order valence-corrected chi connectivity index (χ4v) is 11.8. The lowest BCUT2D eigenvalue weighted by molar-refractivity contribution is 0.314. The number of fused-ring (bicyclic) bond motifs is 2. The maximum absolute atomic E-state index is 2.76. The molecule has 0 N–H and O–H groups in total. The molecule has 5 aromatic carbocycles. The lowest BCUT2D eigenvalue weighted by atomic mass is 9.75. The van der Waals surface area contributed by atoms with Gasteiger partial charge >= 0.3 is 0 Å². The van der Waals surface area contributed by atoms with Crippen molar-refractivity contribution in [3.8, 4) is 0 Å². The van der Waals surface area contributed by atoms with Crippen LogP contribution in [0.1, 0.15) is 186 Å². The molecule has 0 amide bonds. The highest BCUT2D eigenvalue weighted by atomic mass is 15.2. The van der Waals surface area contributed by atoms with Crippen molar-refractivity contribution in [2.45, 2.75) is 175 Å². The van der Waals surface area contributed by atoms with Gasteiger partial charge in [0.2, 0.25) is 0 Å². The first kappa shape index (κ1) is 46.3. The summed E-state index contributed by atoms with van der Waals surface area (Å²) in [6, 6.07) is 36.6. The maximum atomic E-state index is 2.76. The second kappa shape index (κ2) is 19.1. The first-order valence-corrected chi connectivity index (χ1v) is 26.3. The zero-order valence-corrected chi connectivity index (χ0v) is 42.4. The predicted molar refractivity (Wildman–Crippen MR) is 288 cm³/mol. The van der Waals surface area contributed by atoms with Crippen LogP contribution in [0.25, 0.3) is 22.9 Å². The molecule has 0 radical (unpaired) electrons. The van der Waals surface area contributed by atoms with Crippen LogP contribution < -0.4 is 20.2 Å². The van der Waals surface area contributed by atoms with E-state index in [1.165, 1.54) is 136 Å². The van der Waals surface area contributed by atoms with E-state index in [9.17, 15) is 0 Å². The van der Waals surface area contributed by atoms with E-state index in [0.717, 1.165) is 12.8 Å². The molecule has 346 valence electrons. The van der Waals surface area contributed by atoms with Crippen molar-refractivity contribution < 1.29 is 0 Å². The SMILES string of the molecule is CC(C)c1ccc(N(c2ccc(C3CCCCC3)cc2)c2c3c(c(N(c4ccc(C(C)C)cc4)[C@H]4C=CC(C5CCCCC5)=CC4)c4ccc(C(C)(C)C)cc24)=CC(C(C)(C)C)CC=3)cc1. The Hall–Kier alpha value is -4.82. The Morgan fingerprint density at radius 1 is 0.530 bits per heavy atom. The zero-order valence-electron chi connectivity index (χ0n) is 42.4. The Labute approximate surface area is 399 Å². The van der Waals surface area contributed by atoms with Crippen molar-refractivity contribution in [2.75, 3.05) is 9.80 Å². The van der Waals surface area contributed by atoms with Crippen molar-refractivity contribution in [1.29, 1.82) is 0 Å². The molecule has 0 bridgehead atoms. The van der Waals surface area contributed by atoms with E-state index in [1.807, 2.05) is 0 Å². The summed E-state index contributed by atoms with van der Waals surface area (Å²) >= 11 is 0. The molecule has 0 heterocycles. The van der Waals surface area contributed by atoms with Gasteiger partial charge in [0.05, 0.1) is 17.4 Å². The summed E-state index contributed by atoms with van der Waals surface area (Å²) in [6.07, 6.45) is 28.5. The number of anilines is 5. The van der Waals surface area contributed by atoms with Crippen molar-refractivity contribution in [3.63, 3.8) is 0 Å².